The lowest BCUT2D eigenvalue weighted by Gasteiger charge is -2.03. The van der Waals surface area contributed by atoms with Gasteiger partial charge in [0.2, 0.25) is 0 Å². The Hall–Kier alpha value is -0.450. The number of Topliss-reactive ketones (excluding diaryl/α,β-unsaturated/α-hetero) is 1. The molecule has 1 rings (SSSR count). The first-order chi connectivity index (χ1) is 6.56. The minimum atomic E-state index is -0.487. The average Bonchev–Trinajstić information content (AvgIpc) is 2.11. The highest BCUT2D eigenvalue weighted by Crippen LogP contribution is 2.25. The summed E-state index contributed by atoms with van der Waals surface area (Å²) in [5.74, 6) is -0.669. The van der Waals surface area contributed by atoms with E-state index in [0.29, 0.717) is 5.56 Å². The summed E-state index contributed by atoms with van der Waals surface area (Å²) in [5.41, 5.74) is 5.53. The third-order valence-corrected chi connectivity index (χ3v) is 2.60. The third kappa shape index (κ3) is 2.53. The summed E-state index contributed by atoms with van der Waals surface area (Å²) < 4.78 is 13.2. The van der Waals surface area contributed by atoms with Gasteiger partial charge in [-0.15, -0.1) is 0 Å². The molecule has 2 nitrogen and oxygen atoms in total. The molecule has 0 heterocycles. The van der Waals surface area contributed by atoms with E-state index in [1.165, 1.54) is 6.07 Å². The van der Waals surface area contributed by atoms with Crippen LogP contribution in [0.3, 0.4) is 0 Å². The van der Waals surface area contributed by atoms with Crippen molar-refractivity contribution in [3.05, 3.63) is 33.0 Å². The first-order valence-electron chi connectivity index (χ1n) is 3.94. The largest absolute Gasteiger partial charge is 0.330 e. The maximum Gasteiger partial charge on any atom is 0.165 e. The van der Waals surface area contributed by atoms with Crippen LogP contribution in [0, 0.1) is 5.82 Å². The van der Waals surface area contributed by atoms with Gasteiger partial charge in [0.05, 0.1) is 9.50 Å². The second-order valence-corrected chi connectivity index (χ2v) is 3.97. The zero-order valence-corrected chi connectivity index (χ0v) is 9.53. The molecule has 76 valence electrons. The van der Waals surface area contributed by atoms with E-state index >= 15 is 0 Å². The Kier molecular flexibility index (Phi) is 4.04. The second-order valence-electron chi connectivity index (χ2n) is 2.71. The fraction of sp³-hybridized carbons (Fsp3) is 0.222. The SMILES string of the molecule is NCCC(=O)c1cc(Br)c(F)cc1Cl. The van der Waals surface area contributed by atoms with Gasteiger partial charge in [0.25, 0.3) is 0 Å². The molecule has 0 saturated carbocycles. The van der Waals surface area contributed by atoms with E-state index in [1.807, 2.05) is 0 Å². The molecule has 0 aliphatic rings. The Morgan fingerprint density at radius 3 is 2.79 bits per heavy atom. The monoisotopic (exact) mass is 279 g/mol. The van der Waals surface area contributed by atoms with Gasteiger partial charge in [-0.05, 0) is 34.6 Å². The molecule has 1 aromatic carbocycles. The van der Waals surface area contributed by atoms with E-state index in [1.54, 1.807) is 0 Å². The van der Waals surface area contributed by atoms with Crippen molar-refractivity contribution in [1.29, 1.82) is 0 Å². The van der Waals surface area contributed by atoms with Crippen molar-refractivity contribution >= 4 is 33.3 Å². The van der Waals surface area contributed by atoms with Crippen LogP contribution in [0.2, 0.25) is 5.02 Å². The minimum absolute atomic E-state index is 0.115. The molecule has 5 heteroatoms. The van der Waals surface area contributed by atoms with Crippen LogP contribution in [0.1, 0.15) is 16.8 Å². The quantitative estimate of drug-likeness (QED) is 0.683. The molecule has 0 aliphatic heterocycles. The highest BCUT2D eigenvalue weighted by molar-refractivity contribution is 9.10. The van der Waals surface area contributed by atoms with E-state index < -0.39 is 5.82 Å². The number of carbonyl (C=O) groups excluding carboxylic acids is 1. The molecule has 14 heavy (non-hydrogen) atoms. The highest BCUT2D eigenvalue weighted by Gasteiger charge is 2.12. The van der Waals surface area contributed by atoms with Crippen molar-refractivity contribution in [2.24, 2.45) is 5.73 Å². The fourth-order valence-corrected chi connectivity index (χ4v) is 1.60. The summed E-state index contributed by atoms with van der Waals surface area (Å²) in [4.78, 5) is 11.4. The predicted octanol–water partition coefficient (Wildman–Crippen LogP) is 2.77. The zero-order valence-electron chi connectivity index (χ0n) is 7.19. The first kappa shape index (κ1) is 11.6. The number of rotatable bonds is 3. The topological polar surface area (TPSA) is 43.1 Å². The van der Waals surface area contributed by atoms with Crippen LogP contribution in [-0.4, -0.2) is 12.3 Å². The van der Waals surface area contributed by atoms with Crippen LogP contribution < -0.4 is 5.73 Å². The molecular weight excluding hydrogens is 272 g/mol. The lowest BCUT2D eigenvalue weighted by Crippen LogP contribution is -2.08. The Balaban J connectivity index is 3.09. The van der Waals surface area contributed by atoms with Crippen LogP contribution in [0.15, 0.2) is 16.6 Å². The molecule has 0 spiro atoms. The molecule has 0 aliphatic carbocycles. The normalized spacial score (nSPS) is 10.3. The van der Waals surface area contributed by atoms with Crippen LogP contribution in [0.5, 0.6) is 0 Å². The lowest BCUT2D eigenvalue weighted by atomic mass is 10.1. The van der Waals surface area contributed by atoms with Crippen molar-refractivity contribution in [2.75, 3.05) is 6.54 Å². The van der Waals surface area contributed by atoms with E-state index in [4.69, 9.17) is 17.3 Å². The summed E-state index contributed by atoms with van der Waals surface area (Å²) in [6, 6.07) is 2.48. The van der Waals surface area contributed by atoms with Crippen LogP contribution in [0.25, 0.3) is 0 Å². The third-order valence-electron chi connectivity index (χ3n) is 1.68. The number of halogens is 3. The molecule has 0 radical (unpaired) electrons. The lowest BCUT2D eigenvalue weighted by molar-refractivity contribution is 0.0985. The molecule has 0 bridgehead atoms. The molecule has 0 fully saturated rings. The Morgan fingerprint density at radius 2 is 2.21 bits per heavy atom. The number of carbonyl (C=O) groups is 1. The number of hydrogen-bond acceptors (Lipinski definition) is 2. The standard InChI is InChI=1S/C9H8BrClFNO/c10-6-3-5(9(14)1-2-13)7(11)4-8(6)12/h3-4H,1-2,13H2. The number of nitrogens with two attached hydrogens (primary N) is 1. The van der Waals surface area contributed by atoms with Crippen LogP contribution >= 0.6 is 27.5 Å². The predicted molar refractivity (Wildman–Crippen MR) is 57.1 cm³/mol. The maximum atomic E-state index is 12.9. The van der Waals surface area contributed by atoms with Gasteiger partial charge in [0.1, 0.15) is 5.82 Å². The van der Waals surface area contributed by atoms with Gasteiger partial charge in [0.15, 0.2) is 5.78 Å². The van der Waals surface area contributed by atoms with Crippen molar-refractivity contribution in [1.82, 2.24) is 0 Å². The van der Waals surface area contributed by atoms with Gasteiger partial charge in [-0.1, -0.05) is 11.6 Å². The minimum Gasteiger partial charge on any atom is -0.330 e. The van der Waals surface area contributed by atoms with Gasteiger partial charge in [-0.25, -0.2) is 4.39 Å². The van der Waals surface area contributed by atoms with Gasteiger partial charge in [0, 0.05) is 12.0 Å². The molecule has 2 N–H and O–H groups in total. The van der Waals surface area contributed by atoms with E-state index in [2.05, 4.69) is 15.9 Å². The zero-order chi connectivity index (χ0) is 10.7. The number of hydrogen-bond donors (Lipinski definition) is 1. The summed E-state index contributed by atoms with van der Waals surface area (Å²) in [7, 11) is 0. The van der Waals surface area contributed by atoms with Gasteiger partial charge >= 0.3 is 0 Å². The Labute approximate surface area is 94.4 Å². The fourth-order valence-electron chi connectivity index (χ4n) is 1.00. The molecular formula is C9H8BrClFNO. The molecule has 0 aromatic heterocycles. The summed E-state index contributed by atoms with van der Waals surface area (Å²) in [6.07, 6.45) is 0.206. The van der Waals surface area contributed by atoms with Crippen molar-refractivity contribution in [3.63, 3.8) is 0 Å². The van der Waals surface area contributed by atoms with Gasteiger partial charge < -0.3 is 5.73 Å². The van der Waals surface area contributed by atoms with Crippen molar-refractivity contribution in [3.8, 4) is 0 Å². The molecule has 0 unspecified atom stereocenters. The van der Waals surface area contributed by atoms with Crippen LogP contribution in [-0.2, 0) is 0 Å². The smallest absolute Gasteiger partial charge is 0.165 e. The van der Waals surface area contributed by atoms with E-state index in [0.717, 1.165) is 6.07 Å². The van der Waals surface area contributed by atoms with Crippen LogP contribution in [0.4, 0.5) is 4.39 Å². The molecule has 0 saturated heterocycles. The van der Waals surface area contributed by atoms with Gasteiger partial charge in [-0.3, -0.25) is 4.79 Å². The summed E-state index contributed by atoms with van der Waals surface area (Å²) in [6.45, 7) is 0.254. The molecule has 1 aromatic rings. The second kappa shape index (κ2) is 4.87. The molecule has 0 amide bonds. The van der Waals surface area contributed by atoms with Gasteiger partial charge in [-0.2, -0.15) is 0 Å². The average molecular weight is 281 g/mol. The maximum absolute atomic E-state index is 12.9. The Morgan fingerprint density at radius 1 is 1.57 bits per heavy atom. The van der Waals surface area contributed by atoms with E-state index in [-0.39, 0.29) is 28.2 Å². The molecule has 0 atom stereocenters. The number of benzene rings is 1. The first-order valence-corrected chi connectivity index (χ1v) is 5.11. The summed E-state index contributed by atoms with van der Waals surface area (Å²) >= 11 is 8.69. The summed E-state index contributed by atoms with van der Waals surface area (Å²) in [5, 5.41) is 0.115. The highest BCUT2D eigenvalue weighted by atomic mass is 79.9. The van der Waals surface area contributed by atoms with E-state index in [9.17, 15) is 9.18 Å². The van der Waals surface area contributed by atoms with Crippen molar-refractivity contribution in [2.45, 2.75) is 6.42 Å². The van der Waals surface area contributed by atoms with Crippen molar-refractivity contribution < 1.29 is 9.18 Å². The Bertz CT molecular complexity index is 370. The number of ketones is 1.